The van der Waals surface area contributed by atoms with Crippen LogP contribution in [0.3, 0.4) is 0 Å². The summed E-state index contributed by atoms with van der Waals surface area (Å²) in [5.74, 6) is -3.57. The maximum atomic E-state index is 13.5. The highest BCUT2D eigenvalue weighted by molar-refractivity contribution is 5.90. The van der Waals surface area contributed by atoms with Gasteiger partial charge in [0.2, 0.25) is 6.04 Å². The minimum atomic E-state index is -5.17. The SMILES string of the molecule is CC(C)(C)[C@@H](NC(=O)C(NC(=O)OCC1c2ccccc2-c2ccccc21)C(F)(F)F)C(=O)O. The van der Waals surface area contributed by atoms with Crippen LogP contribution in [0.4, 0.5) is 18.0 Å². The van der Waals surface area contributed by atoms with Gasteiger partial charge in [-0.25, -0.2) is 9.59 Å². The average Bonchev–Trinajstić information content (AvgIpc) is 3.06. The lowest BCUT2D eigenvalue weighted by Gasteiger charge is -2.30. The van der Waals surface area contributed by atoms with Crippen molar-refractivity contribution in [1.29, 1.82) is 0 Å². The molecule has 7 nitrogen and oxygen atoms in total. The first kappa shape index (κ1) is 25.1. The Hall–Kier alpha value is -3.56. The quantitative estimate of drug-likeness (QED) is 0.581. The Bertz CT molecular complexity index is 1050. The molecule has 0 saturated heterocycles. The molecule has 1 unspecified atom stereocenters. The van der Waals surface area contributed by atoms with Gasteiger partial charge in [-0.15, -0.1) is 0 Å². The molecule has 0 heterocycles. The Morgan fingerprint density at radius 2 is 1.41 bits per heavy atom. The van der Waals surface area contributed by atoms with Gasteiger partial charge in [0, 0.05) is 5.92 Å². The van der Waals surface area contributed by atoms with Crippen molar-refractivity contribution in [1.82, 2.24) is 10.6 Å². The van der Waals surface area contributed by atoms with Crippen molar-refractivity contribution in [3.05, 3.63) is 59.7 Å². The zero-order valence-electron chi connectivity index (χ0n) is 18.8. The van der Waals surface area contributed by atoms with Crippen molar-refractivity contribution in [3.8, 4) is 11.1 Å². The van der Waals surface area contributed by atoms with Gasteiger partial charge >= 0.3 is 18.2 Å². The number of carboxylic acid groups (broad SMARTS) is 1. The second-order valence-corrected chi connectivity index (χ2v) is 9.09. The van der Waals surface area contributed by atoms with E-state index in [1.54, 1.807) is 0 Å². The number of carbonyl (C=O) groups is 3. The maximum absolute atomic E-state index is 13.5. The van der Waals surface area contributed by atoms with E-state index < -0.39 is 41.6 Å². The number of rotatable bonds is 6. The number of halogens is 3. The Labute approximate surface area is 194 Å². The number of amides is 2. The van der Waals surface area contributed by atoms with E-state index in [1.807, 2.05) is 53.8 Å². The van der Waals surface area contributed by atoms with Gasteiger partial charge in [0.05, 0.1) is 0 Å². The zero-order chi connectivity index (χ0) is 25.3. The molecule has 1 aliphatic rings. The minimum absolute atomic E-state index is 0.244. The number of alkyl carbamates (subject to hydrolysis) is 1. The van der Waals surface area contributed by atoms with Gasteiger partial charge in [0.1, 0.15) is 12.6 Å². The van der Waals surface area contributed by atoms with Gasteiger partial charge in [0.15, 0.2) is 0 Å². The number of hydrogen-bond acceptors (Lipinski definition) is 4. The molecule has 2 atom stereocenters. The minimum Gasteiger partial charge on any atom is -0.480 e. The highest BCUT2D eigenvalue weighted by Gasteiger charge is 2.48. The van der Waals surface area contributed by atoms with Gasteiger partial charge in [-0.05, 0) is 27.7 Å². The van der Waals surface area contributed by atoms with E-state index in [-0.39, 0.29) is 12.5 Å². The molecule has 3 N–H and O–H groups in total. The van der Waals surface area contributed by atoms with Crippen LogP contribution in [-0.4, -0.2) is 47.9 Å². The lowest BCUT2D eigenvalue weighted by molar-refractivity contribution is -0.170. The molecule has 0 fully saturated rings. The molecular formula is C24H25F3N2O5. The molecule has 34 heavy (non-hydrogen) atoms. The van der Waals surface area contributed by atoms with E-state index in [9.17, 15) is 32.7 Å². The molecule has 0 aromatic heterocycles. The fraction of sp³-hybridized carbons (Fsp3) is 0.375. The summed E-state index contributed by atoms with van der Waals surface area (Å²) in [6, 6.07) is 10.3. The van der Waals surface area contributed by atoms with Crippen molar-refractivity contribution >= 4 is 18.0 Å². The zero-order valence-corrected chi connectivity index (χ0v) is 18.8. The number of alkyl halides is 3. The molecule has 3 rings (SSSR count). The summed E-state index contributed by atoms with van der Waals surface area (Å²) >= 11 is 0. The highest BCUT2D eigenvalue weighted by atomic mass is 19.4. The summed E-state index contributed by atoms with van der Waals surface area (Å²) in [6.45, 7) is 4.11. The van der Waals surface area contributed by atoms with E-state index in [2.05, 4.69) is 0 Å². The Balaban J connectivity index is 1.72. The van der Waals surface area contributed by atoms with Crippen LogP contribution in [0.15, 0.2) is 48.5 Å². The second kappa shape index (κ2) is 9.36. The first-order chi connectivity index (χ1) is 15.8. The molecule has 0 radical (unpaired) electrons. The monoisotopic (exact) mass is 478 g/mol. The Morgan fingerprint density at radius 3 is 1.85 bits per heavy atom. The number of hydrogen-bond donors (Lipinski definition) is 3. The number of ether oxygens (including phenoxy) is 1. The van der Waals surface area contributed by atoms with Crippen LogP contribution in [0.25, 0.3) is 11.1 Å². The van der Waals surface area contributed by atoms with E-state index in [0.717, 1.165) is 22.3 Å². The summed E-state index contributed by atoms with van der Waals surface area (Å²) in [5, 5.41) is 12.7. The fourth-order valence-electron chi connectivity index (χ4n) is 3.93. The van der Waals surface area contributed by atoms with Crippen LogP contribution in [0.5, 0.6) is 0 Å². The normalized spacial score (nSPS) is 15.0. The van der Waals surface area contributed by atoms with Crippen LogP contribution >= 0.6 is 0 Å². The second-order valence-electron chi connectivity index (χ2n) is 9.09. The third kappa shape index (κ3) is 5.32. The van der Waals surface area contributed by atoms with Crippen LogP contribution in [0.1, 0.15) is 37.8 Å². The van der Waals surface area contributed by atoms with Gasteiger partial charge < -0.3 is 20.5 Å². The van der Waals surface area contributed by atoms with Crippen molar-refractivity contribution in [2.24, 2.45) is 5.41 Å². The summed E-state index contributed by atoms with van der Waals surface area (Å²) in [6.07, 6.45) is -6.61. The largest absolute Gasteiger partial charge is 0.480 e. The summed E-state index contributed by atoms with van der Waals surface area (Å²) in [4.78, 5) is 36.0. The molecule has 0 bridgehead atoms. The van der Waals surface area contributed by atoms with Crippen LogP contribution in [0.2, 0.25) is 0 Å². The van der Waals surface area contributed by atoms with E-state index in [0.29, 0.717) is 0 Å². The van der Waals surface area contributed by atoms with Gasteiger partial charge in [-0.1, -0.05) is 69.3 Å². The molecule has 182 valence electrons. The molecule has 2 aromatic carbocycles. The molecular weight excluding hydrogens is 453 g/mol. The number of benzene rings is 2. The van der Waals surface area contributed by atoms with Crippen LogP contribution in [0, 0.1) is 5.41 Å². The smallest absolute Gasteiger partial charge is 0.417 e. The third-order valence-electron chi connectivity index (χ3n) is 5.59. The summed E-state index contributed by atoms with van der Waals surface area (Å²) in [7, 11) is 0. The molecule has 0 aliphatic heterocycles. The summed E-state index contributed by atoms with van der Waals surface area (Å²) < 4.78 is 45.7. The number of carbonyl (C=O) groups excluding carboxylic acids is 2. The number of carboxylic acids is 1. The number of fused-ring (bicyclic) bond motifs is 3. The van der Waals surface area contributed by atoms with E-state index in [1.165, 1.54) is 26.1 Å². The fourth-order valence-corrected chi connectivity index (χ4v) is 3.93. The predicted molar refractivity (Wildman–Crippen MR) is 117 cm³/mol. The molecule has 1 aliphatic carbocycles. The third-order valence-corrected chi connectivity index (χ3v) is 5.59. The van der Waals surface area contributed by atoms with Crippen LogP contribution < -0.4 is 10.6 Å². The van der Waals surface area contributed by atoms with Crippen molar-refractivity contribution < 1.29 is 37.4 Å². The Kier molecular flexibility index (Phi) is 6.90. The Morgan fingerprint density at radius 1 is 0.912 bits per heavy atom. The van der Waals surface area contributed by atoms with Gasteiger partial charge in [-0.3, -0.25) is 4.79 Å². The van der Waals surface area contributed by atoms with Crippen molar-refractivity contribution in [2.45, 2.75) is 44.9 Å². The predicted octanol–water partition coefficient (Wildman–Crippen LogP) is 4.07. The molecule has 0 spiro atoms. The summed E-state index contributed by atoms with van der Waals surface area (Å²) in [5.41, 5.74) is 2.57. The van der Waals surface area contributed by atoms with Gasteiger partial charge in [0.25, 0.3) is 5.91 Å². The number of nitrogens with one attached hydrogen (secondary N) is 2. The molecule has 2 amide bonds. The van der Waals surface area contributed by atoms with Crippen molar-refractivity contribution in [2.75, 3.05) is 6.61 Å². The lowest BCUT2D eigenvalue weighted by atomic mass is 9.86. The van der Waals surface area contributed by atoms with Crippen LogP contribution in [-0.2, 0) is 14.3 Å². The van der Waals surface area contributed by atoms with Gasteiger partial charge in [-0.2, -0.15) is 13.2 Å². The first-order valence-electron chi connectivity index (χ1n) is 10.5. The maximum Gasteiger partial charge on any atom is 0.417 e. The average molecular weight is 478 g/mol. The standard InChI is InChI=1S/C24H25F3N2O5/c1-23(2,3)19(21(31)32)28-20(30)18(24(25,26)27)29-22(33)34-12-17-15-10-6-4-8-13(15)14-9-5-7-11-16(14)17/h4-11,17-19H,12H2,1-3H3,(H,28,30)(H,29,33)(H,31,32)/t18?,19-/m0/s1. The molecule has 2 aromatic rings. The molecule has 0 saturated carbocycles. The number of aliphatic carboxylic acids is 1. The topological polar surface area (TPSA) is 105 Å². The molecule has 10 heteroatoms. The highest BCUT2D eigenvalue weighted by Crippen LogP contribution is 2.44. The lowest BCUT2D eigenvalue weighted by Crippen LogP contribution is -2.60. The first-order valence-corrected chi connectivity index (χ1v) is 10.5. The van der Waals surface area contributed by atoms with Crippen molar-refractivity contribution in [3.63, 3.8) is 0 Å². The van der Waals surface area contributed by atoms with E-state index >= 15 is 0 Å². The van der Waals surface area contributed by atoms with E-state index in [4.69, 9.17) is 4.74 Å².